The van der Waals surface area contributed by atoms with Gasteiger partial charge in [0.05, 0.1) is 0 Å². The Balaban J connectivity index is 3.10. The van der Waals surface area contributed by atoms with Crippen LogP contribution in [0, 0.1) is 0 Å². The van der Waals surface area contributed by atoms with Gasteiger partial charge in [-0.2, -0.15) is 11.8 Å². The number of aromatic nitrogens is 1. The minimum atomic E-state index is -3.72. The number of carboxylic acid groups (broad SMARTS) is 1. The maximum Gasteiger partial charge on any atom is 0.352 e. The smallest absolute Gasteiger partial charge is 0.352 e. The third kappa shape index (κ3) is 4.49. The number of carboxylic acids is 1. The molecule has 0 bridgehead atoms. The number of thioether (sulfide) groups is 1. The number of sulfonamides is 1. The molecule has 21 heavy (non-hydrogen) atoms. The molecule has 0 fully saturated rings. The maximum atomic E-state index is 12.3. The van der Waals surface area contributed by atoms with Gasteiger partial charge in [0.2, 0.25) is 10.0 Å². The number of hydrogen-bond acceptors (Lipinski definition) is 4. The van der Waals surface area contributed by atoms with Gasteiger partial charge in [-0.25, -0.2) is 17.9 Å². The van der Waals surface area contributed by atoms with Crippen LogP contribution in [0.15, 0.2) is 17.2 Å². The van der Waals surface area contributed by atoms with Crippen LogP contribution in [-0.2, 0) is 10.0 Å². The molecule has 0 radical (unpaired) electrons. The lowest BCUT2D eigenvalue weighted by atomic mass is 10.2. The number of hydrogen-bond donors (Lipinski definition) is 2. The summed E-state index contributed by atoms with van der Waals surface area (Å²) in [6.45, 7) is 7.73. The first-order chi connectivity index (χ1) is 9.50. The Labute approximate surface area is 130 Å². The average Bonchev–Trinajstić information content (AvgIpc) is 2.83. The summed E-state index contributed by atoms with van der Waals surface area (Å²) in [7, 11) is -3.72. The molecule has 0 aliphatic carbocycles. The minimum Gasteiger partial charge on any atom is -0.477 e. The van der Waals surface area contributed by atoms with Crippen molar-refractivity contribution < 1.29 is 18.3 Å². The van der Waals surface area contributed by atoms with Crippen LogP contribution < -0.4 is 4.72 Å². The number of aromatic carboxylic acids is 1. The van der Waals surface area contributed by atoms with Crippen molar-refractivity contribution in [3.05, 3.63) is 18.0 Å². The highest BCUT2D eigenvalue weighted by Gasteiger charge is 2.25. The summed E-state index contributed by atoms with van der Waals surface area (Å²) in [4.78, 5) is 11.2. The summed E-state index contributed by atoms with van der Waals surface area (Å²) >= 11 is 1.55. The minimum absolute atomic E-state index is 0.0227. The normalized spacial score (nSPS) is 12.9. The van der Waals surface area contributed by atoms with Crippen LogP contribution in [0.4, 0.5) is 0 Å². The zero-order chi connectivity index (χ0) is 16.4. The van der Waals surface area contributed by atoms with Gasteiger partial charge >= 0.3 is 5.97 Å². The molecule has 0 aliphatic rings. The molecule has 1 aromatic rings. The molecule has 1 rings (SSSR count). The standard InChI is InChI=1S/C13H22N2O4S2/c1-9(2)15-7-10(6-11(15)12(16)17)21(18,19)14-8-13(3,4)20-5/h6-7,9,14H,8H2,1-5H3,(H,16,17). The molecule has 2 N–H and O–H groups in total. The second-order valence-electron chi connectivity index (χ2n) is 5.66. The highest BCUT2D eigenvalue weighted by molar-refractivity contribution is 8.00. The van der Waals surface area contributed by atoms with Gasteiger partial charge in [0.1, 0.15) is 10.6 Å². The van der Waals surface area contributed by atoms with Gasteiger partial charge in [0, 0.05) is 23.5 Å². The maximum absolute atomic E-state index is 12.3. The molecule has 0 amide bonds. The number of rotatable bonds is 7. The molecular formula is C13H22N2O4S2. The van der Waals surface area contributed by atoms with Crippen LogP contribution in [0.25, 0.3) is 0 Å². The van der Waals surface area contributed by atoms with E-state index in [4.69, 9.17) is 5.11 Å². The van der Waals surface area contributed by atoms with E-state index in [1.165, 1.54) is 16.8 Å². The van der Waals surface area contributed by atoms with Crippen molar-refractivity contribution in [3.8, 4) is 0 Å². The summed E-state index contributed by atoms with van der Waals surface area (Å²) in [5.41, 5.74) is -0.0329. The van der Waals surface area contributed by atoms with Crippen molar-refractivity contribution in [1.29, 1.82) is 0 Å². The highest BCUT2D eigenvalue weighted by atomic mass is 32.2. The van der Waals surface area contributed by atoms with E-state index in [1.807, 2.05) is 20.1 Å². The first-order valence-corrected chi connectivity index (χ1v) is 9.21. The van der Waals surface area contributed by atoms with Crippen molar-refractivity contribution in [2.24, 2.45) is 0 Å². The quantitative estimate of drug-likeness (QED) is 0.798. The third-order valence-electron chi connectivity index (χ3n) is 3.15. The summed E-state index contributed by atoms with van der Waals surface area (Å²) in [5.74, 6) is -1.14. The fraction of sp³-hybridized carbons (Fsp3) is 0.615. The fourth-order valence-electron chi connectivity index (χ4n) is 1.62. The van der Waals surface area contributed by atoms with Crippen molar-refractivity contribution in [2.75, 3.05) is 12.8 Å². The van der Waals surface area contributed by atoms with Crippen LogP contribution >= 0.6 is 11.8 Å². The molecule has 0 atom stereocenters. The Bertz CT molecular complexity index is 618. The fourth-order valence-corrected chi connectivity index (χ4v) is 3.17. The van der Waals surface area contributed by atoms with E-state index in [0.717, 1.165) is 0 Å². The van der Waals surface area contributed by atoms with E-state index in [2.05, 4.69) is 4.72 Å². The van der Waals surface area contributed by atoms with Crippen molar-refractivity contribution in [2.45, 2.75) is 43.4 Å². The van der Waals surface area contributed by atoms with E-state index < -0.39 is 16.0 Å². The Kier molecular flexibility index (Phi) is 5.51. The summed E-state index contributed by atoms with van der Waals surface area (Å²) in [5, 5.41) is 9.15. The molecule has 0 saturated heterocycles. The lowest BCUT2D eigenvalue weighted by Gasteiger charge is -2.21. The number of nitrogens with zero attached hydrogens (tertiary/aromatic N) is 1. The zero-order valence-corrected chi connectivity index (χ0v) is 14.5. The van der Waals surface area contributed by atoms with Gasteiger partial charge in [-0.05, 0) is 40.0 Å². The molecular weight excluding hydrogens is 312 g/mol. The van der Waals surface area contributed by atoms with Crippen LogP contribution in [0.2, 0.25) is 0 Å². The largest absolute Gasteiger partial charge is 0.477 e. The third-order valence-corrected chi connectivity index (χ3v) is 5.77. The Morgan fingerprint density at radius 3 is 2.43 bits per heavy atom. The lowest BCUT2D eigenvalue weighted by Crippen LogP contribution is -2.35. The predicted octanol–water partition coefficient (Wildman–Crippen LogP) is 2.19. The summed E-state index contributed by atoms with van der Waals surface area (Å²) < 4.78 is 28.3. The van der Waals surface area contributed by atoms with Gasteiger partial charge < -0.3 is 9.67 Å². The average molecular weight is 334 g/mol. The predicted molar refractivity (Wildman–Crippen MR) is 84.6 cm³/mol. The first-order valence-electron chi connectivity index (χ1n) is 6.50. The molecule has 0 aromatic carbocycles. The molecule has 1 aromatic heterocycles. The molecule has 0 unspecified atom stereocenters. The molecule has 0 spiro atoms. The van der Waals surface area contributed by atoms with E-state index >= 15 is 0 Å². The number of carbonyl (C=O) groups is 1. The van der Waals surface area contributed by atoms with Crippen molar-refractivity contribution in [3.63, 3.8) is 0 Å². The second-order valence-corrected chi connectivity index (χ2v) is 8.94. The molecule has 8 heteroatoms. The van der Waals surface area contributed by atoms with E-state index in [9.17, 15) is 13.2 Å². The Hall–Kier alpha value is -0.990. The first kappa shape index (κ1) is 18.1. The van der Waals surface area contributed by atoms with Crippen LogP contribution in [0.5, 0.6) is 0 Å². The number of nitrogens with one attached hydrogen (secondary N) is 1. The molecule has 0 saturated carbocycles. The molecule has 0 aliphatic heterocycles. The summed E-state index contributed by atoms with van der Waals surface area (Å²) in [6, 6.07) is 1.05. The van der Waals surface area contributed by atoms with Crippen molar-refractivity contribution in [1.82, 2.24) is 9.29 Å². The van der Waals surface area contributed by atoms with E-state index in [1.54, 1.807) is 25.6 Å². The van der Waals surface area contributed by atoms with Crippen molar-refractivity contribution >= 4 is 27.8 Å². The van der Waals surface area contributed by atoms with Crippen LogP contribution in [-0.4, -0.2) is 41.6 Å². The van der Waals surface area contributed by atoms with E-state index in [0.29, 0.717) is 0 Å². The topological polar surface area (TPSA) is 88.4 Å². The SMILES string of the molecule is CSC(C)(C)CNS(=O)(=O)c1cc(C(=O)O)n(C(C)C)c1. The Morgan fingerprint density at radius 2 is 2.05 bits per heavy atom. The monoisotopic (exact) mass is 334 g/mol. The second kappa shape index (κ2) is 6.41. The Morgan fingerprint density at radius 1 is 1.48 bits per heavy atom. The molecule has 6 nitrogen and oxygen atoms in total. The van der Waals surface area contributed by atoms with E-state index in [-0.39, 0.29) is 27.9 Å². The van der Waals surface area contributed by atoms with Crippen LogP contribution in [0.3, 0.4) is 0 Å². The van der Waals surface area contributed by atoms with Gasteiger partial charge in [0.15, 0.2) is 0 Å². The van der Waals surface area contributed by atoms with Gasteiger partial charge in [-0.3, -0.25) is 0 Å². The van der Waals surface area contributed by atoms with Gasteiger partial charge in [-0.15, -0.1) is 0 Å². The van der Waals surface area contributed by atoms with Gasteiger partial charge in [0.25, 0.3) is 0 Å². The summed E-state index contributed by atoms with van der Waals surface area (Å²) in [6.07, 6.45) is 3.27. The molecule has 120 valence electrons. The molecule has 1 heterocycles. The lowest BCUT2D eigenvalue weighted by molar-refractivity contribution is 0.0683. The highest BCUT2D eigenvalue weighted by Crippen LogP contribution is 2.22. The van der Waals surface area contributed by atoms with Gasteiger partial charge in [-0.1, -0.05) is 0 Å². The zero-order valence-electron chi connectivity index (χ0n) is 12.9. The van der Waals surface area contributed by atoms with Crippen LogP contribution in [0.1, 0.15) is 44.2 Å².